The molecule has 3 aromatic carbocycles. The lowest BCUT2D eigenvalue weighted by molar-refractivity contribution is 0.102. The molecule has 0 bridgehead atoms. The highest BCUT2D eigenvalue weighted by molar-refractivity contribution is 6.06. The van der Waals surface area contributed by atoms with Crippen molar-refractivity contribution in [3.05, 3.63) is 72.3 Å². The summed E-state index contributed by atoms with van der Waals surface area (Å²) in [5, 5.41) is 2.90. The molecule has 0 fully saturated rings. The number of nitrogens with one attached hydrogen (secondary N) is 1. The van der Waals surface area contributed by atoms with Gasteiger partial charge in [0.05, 0.1) is 30.8 Å². The minimum absolute atomic E-state index is 0.267. The summed E-state index contributed by atoms with van der Waals surface area (Å²) in [7, 11) is 5.05. The van der Waals surface area contributed by atoms with Crippen molar-refractivity contribution in [2.45, 2.75) is 0 Å². The molecular formula is C23H21N3O3. The molecule has 0 aliphatic rings. The van der Waals surface area contributed by atoms with Gasteiger partial charge in [0.25, 0.3) is 5.91 Å². The fourth-order valence-electron chi connectivity index (χ4n) is 3.37. The van der Waals surface area contributed by atoms with Crippen LogP contribution in [0, 0.1) is 0 Å². The van der Waals surface area contributed by atoms with Crippen LogP contribution in [0.4, 0.5) is 5.69 Å². The first-order chi connectivity index (χ1) is 14.1. The van der Waals surface area contributed by atoms with Crippen LogP contribution >= 0.6 is 0 Å². The van der Waals surface area contributed by atoms with Gasteiger partial charge in [-0.25, -0.2) is 4.98 Å². The third kappa shape index (κ3) is 3.40. The number of hydrogen-bond donors (Lipinski definition) is 1. The molecule has 6 nitrogen and oxygen atoms in total. The summed E-state index contributed by atoms with van der Waals surface area (Å²) in [4.78, 5) is 17.4. The van der Waals surface area contributed by atoms with Crippen molar-refractivity contribution < 1.29 is 14.3 Å². The van der Waals surface area contributed by atoms with Crippen LogP contribution in [0.5, 0.6) is 11.5 Å². The fraction of sp³-hybridized carbons (Fsp3) is 0.130. The smallest absolute Gasteiger partial charge is 0.259 e. The maximum absolute atomic E-state index is 12.7. The summed E-state index contributed by atoms with van der Waals surface area (Å²) >= 11 is 0. The number of anilines is 1. The Morgan fingerprint density at radius 3 is 2.38 bits per heavy atom. The topological polar surface area (TPSA) is 65.4 Å². The number of benzene rings is 3. The predicted molar refractivity (Wildman–Crippen MR) is 114 cm³/mol. The fourth-order valence-corrected chi connectivity index (χ4v) is 3.37. The van der Waals surface area contributed by atoms with Crippen LogP contribution in [0.15, 0.2) is 66.7 Å². The molecule has 1 N–H and O–H groups in total. The quantitative estimate of drug-likeness (QED) is 0.547. The van der Waals surface area contributed by atoms with Crippen LogP contribution < -0.4 is 14.8 Å². The van der Waals surface area contributed by atoms with E-state index in [0.29, 0.717) is 22.7 Å². The molecule has 0 atom stereocenters. The lowest BCUT2D eigenvalue weighted by Gasteiger charge is -2.12. The van der Waals surface area contributed by atoms with E-state index >= 15 is 0 Å². The van der Waals surface area contributed by atoms with E-state index in [2.05, 4.69) is 9.88 Å². The van der Waals surface area contributed by atoms with Crippen molar-refractivity contribution in [3.8, 4) is 22.9 Å². The van der Waals surface area contributed by atoms with Crippen LogP contribution in [0.1, 0.15) is 10.4 Å². The van der Waals surface area contributed by atoms with Gasteiger partial charge in [0, 0.05) is 18.3 Å². The van der Waals surface area contributed by atoms with Gasteiger partial charge in [-0.15, -0.1) is 0 Å². The summed E-state index contributed by atoms with van der Waals surface area (Å²) in [5.41, 5.74) is 4.09. The maximum atomic E-state index is 12.7. The maximum Gasteiger partial charge on any atom is 0.259 e. The number of aryl methyl sites for hydroxylation is 1. The molecule has 0 aliphatic carbocycles. The number of methoxy groups -OCH3 is 2. The zero-order valence-electron chi connectivity index (χ0n) is 16.5. The summed E-state index contributed by atoms with van der Waals surface area (Å²) in [5.74, 6) is 1.52. The van der Waals surface area contributed by atoms with E-state index in [4.69, 9.17) is 14.5 Å². The van der Waals surface area contributed by atoms with Crippen molar-refractivity contribution in [3.63, 3.8) is 0 Å². The Kier molecular flexibility index (Phi) is 4.91. The SMILES string of the molecule is COc1cccc(C(=O)Nc2ccc(-c3nc4ccccc4n3C)cc2)c1OC. The van der Waals surface area contributed by atoms with E-state index in [0.717, 1.165) is 22.4 Å². The predicted octanol–water partition coefficient (Wildman–Crippen LogP) is 4.51. The van der Waals surface area contributed by atoms with Crippen molar-refractivity contribution >= 4 is 22.6 Å². The molecule has 0 unspecified atom stereocenters. The van der Waals surface area contributed by atoms with E-state index < -0.39 is 0 Å². The van der Waals surface area contributed by atoms with E-state index in [9.17, 15) is 4.79 Å². The van der Waals surface area contributed by atoms with Gasteiger partial charge in [0.1, 0.15) is 5.82 Å². The number of fused-ring (bicyclic) bond motifs is 1. The van der Waals surface area contributed by atoms with Crippen molar-refractivity contribution in [2.75, 3.05) is 19.5 Å². The van der Waals surface area contributed by atoms with E-state index in [1.54, 1.807) is 25.3 Å². The molecule has 1 aromatic heterocycles. The number of aromatic nitrogens is 2. The number of rotatable bonds is 5. The second-order valence-electron chi connectivity index (χ2n) is 6.56. The zero-order chi connectivity index (χ0) is 20.4. The molecule has 6 heteroatoms. The van der Waals surface area contributed by atoms with Crippen LogP contribution in [-0.4, -0.2) is 29.7 Å². The molecular weight excluding hydrogens is 366 g/mol. The Morgan fingerprint density at radius 2 is 1.69 bits per heavy atom. The Hall–Kier alpha value is -3.80. The van der Waals surface area contributed by atoms with Gasteiger partial charge in [0.15, 0.2) is 11.5 Å². The monoisotopic (exact) mass is 387 g/mol. The van der Waals surface area contributed by atoms with Gasteiger partial charge < -0.3 is 19.4 Å². The van der Waals surface area contributed by atoms with E-state index in [1.807, 2.05) is 55.6 Å². The number of ether oxygens (including phenoxy) is 2. The number of carbonyl (C=O) groups is 1. The van der Waals surface area contributed by atoms with Crippen LogP contribution in [-0.2, 0) is 7.05 Å². The molecule has 0 saturated heterocycles. The second-order valence-corrected chi connectivity index (χ2v) is 6.56. The van der Waals surface area contributed by atoms with Crippen LogP contribution in [0.2, 0.25) is 0 Å². The summed E-state index contributed by atoms with van der Waals surface area (Å²) in [6.07, 6.45) is 0. The summed E-state index contributed by atoms with van der Waals surface area (Å²) < 4.78 is 12.7. The minimum atomic E-state index is -0.267. The molecule has 1 heterocycles. The molecule has 0 spiro atoms. The first-order valence-corrected chi connectivity index (χ1v) is 9.16. The third-order valence-corrected chi connectivity index (χ3v) is 4.84. The number of imidazole rings is 1. The lowest BCUT2D eigenvalue weighted by atomic mass is 10.1. The molecule has 4 rings (SSSR count). The van der Waals surface area contributed by atoms with Gasteiger partial charge in [-0.2, -0.15) is 0 Å². The Balaban J connectivity index is 1.59. The zero-order valence-corrected chi connectivity index (χ0v) is 16.5. The molecule has 0 aliphatic heterocycles. The Labute approximate surface area is 168 Å². The third-order valence-electron chi connectivity index (χ3n) is 4.84. The highest BCUT2D eigenvalue weighted by Gasteiger charge is 2.17. The van der Waals surface area contributed by atoms with E-state index in [1.165, 1.54) is 7.11 Å². The molecule has 0 saturated carbocycles. The van der Waals surface area contributed by atoms with Gasteiger partial charge in [-0.3, -0.25) is 4.79 Å². The standard InChI is InChI=1S/C23H21N3O3/c1-26-19-9-5-4-8-18(19)25-22(26)15-11-13-16(14-12-15)24-23(27)17-7-6-10-20(28-2)21(17)29-3/h4-14H,1-3H3,(H,24,27). The highest BCUT2D eigenvalue weighted by atomic mass is 16.5. The second kappa shape index (κ2) is 7.67. The minimum Gasteiger partial charge on any atom is -0.493 e. The van der Waals surface area contributed by atoms with Crippen molar-refractivity contribution in [2.24, 2.45) is 7.05 Å². The molecule has 29 heavy (non-hydrogen) atoms. The summed E-state index contributed by atoms with van der Waals surface area (Å²) in [6, 6.07) is 20.8. The number of amides is 1. The Bertz CT molecular complexity index is 1180. The normalized spacial score (nSPS) is 10.7. The molecule has 4 aromatic rings. The average Bonchev–Trinajstić information content (AvgIpc) is 3.10. The van der Waals surface area contributed by atoms with Crippen LogP contribution in [0.25, 0.3) is 22.4 Å². The largest absolute Gasteiger partial charge is 0.493 e. The molecule has 146 valence electrons. The Morgan fingerprint density at radius 1 is 0.931 bits per heavy atom. The van der Waals surface area contributed by atoms with Gasteiger partial charge in [0.2, 0.25) is 0 Å². The van der Waals surface area contributed by atoms with Crippen molar-refractivity contribution in [1.82, 2.24) is 9.55 Å². The summed E-state index contributed by atoms with van der Waals surface area (Å²) in [6.45, 7) is 0. The average molecular weight is 387 g/mol. The molecule has 1 amide bonds. The van der Waals surface area contributed by atoms with Crippen molar-refractivity contribution in [1.29, 1.82) is 0 Å². The van der Waals surface area contributed by atoms with E-state index in [-0.39, 0.29) is 5.91 Å². The number of carbonyl (C=O) groups excluding carboxylic acids is 1. The first kappa shape index (κ1) is 18.6. The first-order valence-electron chi connectivity index (χ1n) is 9.16. The van der Waals surface area contributed by atoms with Gasteiger partial charge in [-0.05, 0) is 48.5 Å². The highest BCUT2D eigenvalue weighted by Crippen LogP contribution is 2.31. The number of para-hydroxylation sites is 3. The molecule has 0 radical (unpaired) electrons. The van der Waals surface area contributed by atoms with Gasteiger partial charge >= 0.3 is 0 Å². The number of nitrogens with zero attached hydrogens (tertiary/aromatic N) is 2. The van der Waals surface area contributed by atoms with Gasteiger partial charge in [-0.1, -0.05) is 18.2 Å². The lowest BCUT2D eigenvalue weighted by Crippen LogP contribution is -2.13. The number of hydrogen-bond acceptors (Lipinski definition) is 4. The van der Waals surface area contributed by atoms with Crippen LogP contribution in [0.3, 0.4) is 0 Å².